The molecule has 72 valence electrons. The highest BCUT2D eigenvalue weighted by Gasteiger charge is 2.04. The molecule has 0 radical (unpaired) electrons. The molecule has 0 unspecified atom stereocenters. The monoisotopic (exact) mass is 216 g/mol. The lowest BCUT2D eigenvalue weighted by atomic mass is 10.2. The van der Waals surface area contributed by atoms with Gasteiger partial charge < -0.3 is 0 Å². The number of hydrogen-bond donors (Lipinski definition) is 0. The topological polar surface area (TPSA) is 51.6 Å². The molecule has 15 heavy (non-hydrogen) atoms. The SMILES string of the molecule is Clc1cnc2ccc3nccnc3c2n1. The van der Waals surface area contributed by atoms with E-state index in [1.54, 1.807) is 12.4 Å². The second-order valence-electron chi connectivity index (χ2n) is 3.05. The van der Waals surface area contributed by atoms with Gasteiger partial charge in [0.25, 0.3) is 0 Å². The summed E-state index contributed by atoms with van der Waals surface area (Å²) >= 11 is 5.80. The Hall–Kier alpha value is -1.81. The summed E-state index contributed by atoms with van der Waals surface area (Å²) in [5, 5.41) is 0.362. The summed E-state index contributed by atoms with van der Waals surface area (Å²) in [4.78, 5) is 16.8. The van der Waals surface area contributed by atoms with Gasteiger partial charge in [-0.1, -0.05) is 11.6 Å². The van der Waals surface area contributed by atoms with Crippen LogP contribution in [0.5, 0.6) is 0 Å². The summed E-state index contributed by atoms with van der Waals surface area (Å²) in [5.41, 5.74) is 2.98. The summed E-state index contributed by atoms with van der Waals surface area (Å²) < 4.78 is 0. The summed E-state index contributed by atoms with van der Waals surface area (Å²) in [6.07, 6.45) is 4.79. The zero-order chi connectivity index (χ0) is 10.3. The molecule has 0 fully saturated rings. The molecule has 0 N–H and O–H groups in total. The first-order chi connectivity index (χ1) is 7.34. The van der Waals surface area contributed by atoms with Gasteiger partial charge in [0.05, 0.1) is 17.2 Å². The fourth-order valence-electron chi connectivity index (χ4n) is 1.48. The molecule has 0 bridgehead atoms. The van der Waals surface area contributed by atoms with Crippen molar-refractivity contribution >= 4 is 33.7 Å². The maximum absolute atomic E-state index is 5.80. The summed E-state index contributed by atoms with van der Waals surface area (Å²) in [6, 6.07) is 3.73. The second-order valence-corrected chi connectivity index (χ2v) is 3.44. The van der Waals surface area contributed by atoms with E-state index in [4.69, 9.17) is 11.6 Å². The van der Waals surface area contributed by atoms with Crippen molar-refractivity contribution < 1.29 is 0 Å². The van der Waals surface area contributed by atoms with Crippen molar-refractivity contribution in [3.63, 3.8) is 0 Å². The molecule has 0 spiro atoms. The van der Waals surface area contributed by atoms with Gasteiger partial charge in [-0.15, -0.1) is 0 Å². The van der Waals surface area contributed by atoms with Crippen molar-refractivity contribution in [3.05, 3.63) is 35.9 Å². The van der Waals surface area contributed by atoms with E-state index in [9.17, 15) is 0 Å². The number of benzene rings is 1. The second kappa shape index (κ2) is 3.10. The van der Waals surface area contributed by atoms with E-state index in [2.05, 4.69) is 19.9 Å². The van der Waals surface area contributed by atoms with Crippen LogP contribution < -0.4 is 0 Å². The molecular formula is C10H5ClN4. The lowest BCUT2D eigenvalue weighted by Gasteiger charge is -2.00. The van der Waals surface area contributed by atoms with Gasteiger partial charge in [0.15, 0.2) is 0 Å². The van der Waals surface area contributed by atoms with Crippen LogP contribution in [-0.2, 0) is 0 Å². The summed E-state index contributed by atoms with van der Waals surface area (Å²) in [7, 11) is 0. The van der Waals surface area contributed by atoms with Crippen molar-refractivity contribution in [2.24, 2.45) is 0 Å². The lowest BCUT2D eigenvalue weighted by molar-refractivity contribution is 1.26. The Morgan fingerprint density at radius 2 is 1.60 bits per heavy atom. The van der Waals surface area contributed by atoms with Crippen LogP contribution in [-0.4, -0.2) is 19.9 Å². The fraction of sp³-hybridized carbons (Fsp3) is 0. The van der Waals surface area contributed by atoms with Gasteiger partial charge in [0, 0.05) is 12.4 Å². The van der Waals surface area contributed by atoms with Gasteiger partial charge in [-0.2, -0.15) is 0 Å². The normalized spacial score (nSPS) is 11.0. The smallest absolute Gasteiger partial charge is 0.148 e. The maximum atomic E-state index is 5.80. The Bertz CT molecular complexity index is 653. The molecule has 0 saturated carbocycles. The quantitative estimate of drug-likeness (QED) is 0.541. The van der Waals surface area contributed by atoms with E-state index in [-0.39, 0.29) is 0 Å². The molecule has 1 aromatic carbocycles. The van der Waals surface area contributed by atoms with Gasteiger partial charge >= 0.3 is 0 Å². The van der Waals surface area contributed by atoms with Gasteiger partial charge in [-0.3, -0.25) is 15.0 Å². The Labute approximate surface area is 90.0 Å². The predicted octanol–water partition coefficient (Wildman–Crippen LogP) is 2.23. The fourth-order valence-corrected chi connectivity index (χ4v) is 1.62. The van der Waals surface area contributed by atoms with Crippen LogP contribution in [0.3, 0.4) is 0 Å². The molecule has 0 aliphatic rings. The van der Waals surface area contributed by atoms with Crippen LogP contribution in [0.25, 0.3) is 22.1 Å². The third kappa shape index (κ3) is 1.30. The molecule has 3 aromatic rings. The number of rotatable bonds is 0. The average molecular weight is 217 g/mol. The summed E-state index contributed by atoms with van der Waals surface area (Å²) in [5.74, 6) is 0. The Balaban J connectivity index is 2.57. The molecular weight excluding hydrogens is 212 g/mol. The molecule has 0 aliphatic heterocycles. The Kier molecular flexibility index (Phi) is 1.76. The van der Waals surface area contributed by atoms with E-state index in [0.717, 1.165) is 16.6 Å². The van der Waals surface area contributed by atoms with Crippen molar-refractivity contribution in [2.75, 3.05) is 0 Å². The maximum Gasteiger partial charge on any atom is 0.148 e. The first-order valence-corrected chi connectivity index (χ1v) is 4.74. The van der Waals surface area contributed by atoms with Gasteiger partial charge in [0.1, 0.15) is 16.2 Å². The highest BCUT2D eigenvalue weighted by atomic mass is 35.5. The number of halogens is 1. The highest BCUT2D eigenvalue weighted by Crippen LogP contribution is 2.19. The lowest BCUT2D eigenvalue weighted by Crippen LogP contribution is -1.89. The predicted molar refractivity (Wildman–Crippen MR) is 57.6 cm³/mol. The average Bonchev–Trinajstić information content (AvgIpc) is 2.29. The van der Waals surface area contributed by atoms with E-state index >= 15 is 0 Å². The molecule has 0 amide bonds. The first-order valence-electron chi connectivity index (χ1n) is 4.36. The third-order valence-corrected chi connectivity index (χ3v) is 2.30. The van der Waals surface area contributed by atoms with Crippen LogP contribution in [0.15, 0.2) is 30.7 Å². The standard InChI is InChI=1S/C10H5ClN4/c11-8-5-14-7-2-1-6-9(10(7)15-8)13-4-3-12-6/h1-5H. The third-order valence-electron chi connectivity index (χ3n) is 2.12. The number of aromatic nitrogens is 4. The van der Waals surface area contributed by atoms with Crippen LogP contribution in [0.2, 0.25) is 5.15 Å². The van der Waals surface area contributed by atoms with E-state index in [1.165, 1.54) is 6.20 Å². The molecule has 0 saturated heterocycles. The minimum Gasteiger partial charge on any atom is -0.253 e. The van der Waals surface area contributed by atoms with Crippen molar-refractivity contribution in [1.29, 1.82) is 0 Å². The van der Waals surface area contributed by atoms with Crippen LogP contribution in [0.1, 0.15) is 0 Å². The van der Waals surface area contributed by atoms with Gasteiger partial charge in [-0.05, 0) is 12.1 Å². The molecule has 3 rings (SSSR count). The highest BCUT2D eigenvalue weighted by molar-refractivity contribution is 6.29. The molecule has 0 aliphatic carbocycles. The van der Waals surface area contributed by atoms with Crippen LogP contribution >= 0.6 is 11.6 Å². The molecule has 5 heteroatoms. The summed E-state index contributed by atoms with van der Waals surface area (Å²) in [6.45, 7) is 0. The van der Waals surface area contributed by atoms with E-state index < -0.39 is 0 Å². The van der Waals surface area contributed by atoms with Crippen LogP contribution in [0.4, 0.5) is 0 Å². The molecule has 2 heterocycles. The zero-order valence-electron chi connectivity index (χ0n) is 7.55. The Morgan fingerprint density at radius 1 is 0.867 bits per heavy atom. The minimum absolute atomic E-state index is 0.362. The Morgan fingerprint density at radius 3 is 2.47 bits per heavy atom. The first kappa shape index (κ1) is 8.49. The zero-order valence-corrected chi connectivity index (χ0v) is 8.31. The minimum atomic E-state index is 0.362. The van der Waals surface area contributed by atoms with E-state index in [1.807, 2.05) is 12.1 Å². The van der Waals surface area contributed by atoms with E-state index in [0.29, 0.717) is 10.7 Å². The van der Waals surface area contributed by atoms with Crippen molar-refractivity contribution in [1.82, 2.24) is 19.9 Å². The largest absolute Gasteiger partial charge is 0.253 e. The molecule has 4 nitrogen and oxygen atoms in total. The number of fused-ring (bicyclic) bond motifs is 3. The molecule has 2 aromatic heterocycles. The van der Waals surface area contributed by atoms with Gasteiger partial charge in [-0.25, -0.2) is 4.98 Å². The number of nitrogens with zero attached hydrogens (tertiary/aromatic N) is 4. The van der Waals surface area contributed by atoms with Crippen LogP contribution in [0, 0.1) is 0 Å². The molecule has 0 atom stereocenters. The van der Waals surface area contributed by atoms with Crippen molar-refractivity contribution in [2.45, 2.75) is 0 Å². The number of hydrogen-bond acceptors (Lipinski definition) is 4. The van der Waals surface area contributed by atoms with Gasteiger partial charge in [0.2, 0.25) is 0 Å². The van der Waals surface area contributed by atoms with Crippen molar-refractivity contribution in [3.8, 4) is 0 Å².